The zero-order valence-electron chi connectivity index (χ0n) is 21.1. The van der Waals surface area contributed by atoms with Crippen LogP contribution in [0.15, 0.2) is 30.3 Å². The monoisotopic (exact) mass is 510 g/mol. The maximum Gasteiger partial charge on any atom is 0.244 e. The van der Waals surface area contributed by atoms with Crippen molar-refractivity contribution in [2.75, 3.05) is 24.8 Å². The highest BCUT2D eigenvalue weighted by atomic mass is 35.5. The first-order valence-corrected chi connectivity index (χ1v) is 13.4. The Morgan fingerprint density at radius 1 is 1.06 bits per heavy atom. The van der Waals surface area contributed by atoms with E-state index < -0.39 is 22.0 Å². The quantitative estimate of drug-likeness (QED) is 0.474. The van der Waals surface area contributed by atoms with E-state index in [1.165, 1.54) is 13.2 Å². The van der Waals surface area contributed by atoms with Crippen LogP contribution in [-0.2, 0) is 14.8 Å². The molecular weight excluding hydrogens is 476 g/mol. The van der Waals surface area contributed by atoms with Crippen LogP contribution in [0.5, 0.6) is 11.5 Å². The number of anilines is 1. The molecule has 0 heterocycles. The van der Waals surface area contributed by atoms with Gasteiger partial charge in [0.15, 0.2) is 0 Å². The van der Waals surface area contributed by atoms with Crippen molar-refractivity contribution in [1.29, 1.82) is 0 Å². The van der Waals surface area contributed by atoms with E-state index in [-0.39, 0.29) is 24.1 Å². The Morgan fingerprint density at radius 2 is 1.68 bits per heavy atom. The minimum atomic E-state index is -3.84. The number of aryl methyl sites for hydroxylation is 1. The van der Waals surface area contributed by atoms with Crippen LogP contribution in [0.3, 0.4) is 0 Å². The lowest BCUT2D eigenvalue weighted by atomic mass is 9.93. The number of methoxy groups -OCH3 is 2. The average Bonchev–Trinajstić information content (AvgIpc) is 2.75. The number of nitrogens with zero attached hydrogens (tertiary/aromatic N) is 1. The zero-order valence-corrected chi connectivity index (χ0v) is 22.7. The minimum Gasteiger partial charge on any atom is -0.496 e. The molecule has 0 spiro atoms. The summed E-state index contributed by atoms with van der Waals surface area (Å²) >= 11 is 6.15. The molecule has 0 unspecified atom stereocenters. The van der Waals surface area contributed by atoms with E-state index in [9.17, 15) is 13.2 Å². The van der Waals surface area contributed by atoms with Gasteiger partial charge in [-0.25, -0.2) is 8.42 Å². The molecule has 34 heavy (non-hydrogen) atoms. The lowest BCUT2D eigenvalue weighted by molar-refractivity contribution is -0.122. The Bertz CT molecular complexity index is 1130. The summed E-state index contributed by atoms with van der Waals surface area (Å²) in [6.45, 7) is 9.76. The molecule has 1 N–H and O–H groups in total. The number of halogens is 1. The van der Waals surface area contributed by atoms with E-state index in [1.54, 1.807) is 26.2 Å². The first-order valence-electron chi connectivity index (χ1n) is 11.2. The number of sulfonamides is 1. The van der Waals surface area contributed by atoms with E-state index in [1.807, 2.05) is 26.0 Å². The molecule has 0 fully saturated rings. The van der Waals surface area contributed by atoms with E-state index >= 15 is 0 Å². The fraction of sp³-hybridized carbons (Fsp3) is 0.480. The molecule has 2 rings (SSSR count). The topological polar surface area (TPSA) is 84.9 Å². The van der Waals surface area contributed by atoms with Crippen LogP contribution in [0, 0.1) is 6.92 Å². The Hall–Kier alpha value is -2.45. The Morgan fingerprint density at radius 3 is 2.18 bits per heavy atom. The number of rotatable bonds is 10. The number of ether oxygens (including phenoxy) is 2. The molecule has 2 aromatic rings. The molecule has 0 radical (unpaired) electrons. The van der Waals surface area contributed by atoms with Crippen molar-refractivity contribution in [2.45, 2.75) is 59.0 Å². The number of hydrogen-bond acceptors (Lipinski definition) is 5. The third-order valence-corrected chi connectivity index (χ3v) is 7.17. The fourth-order valence-corrected chi connectivity index (χ4v) is 5.44. The van der Waals surface area contributed by atoms with Crippen LogP contribution in [-0.4, -0.2) is 40.8 Å². The Kier molecular flexibility index (Phi) is 9.25. The number of benzene rings is 2. The molecule has 188 valence electrons. The lowest BCUT2D eigenvalue weighted by Crippen LogP contribution is -2.50. The van der Waals surface area contributed by atoms with E-state index in [2.05, 4.69) is 19.2 Å². The molecule has 2 aromatic carbocycles. The zero-order chi connectivity index (χ0) is 25.8. The van der Waals surface area contributed by atoms with Crippen LogP contribution in [0.1, 0.15) is 62.8 Å². The molecule has 0 aliphatic heterocycles. The molecule has 0 aliphatic rings. The van der Waals surface area contributed by atoms with Crippen LogP contribution in [0.25, 0.3) is 0 Å². The summed E-state index contributed by atoms with van der Waals surface area (Å²) in [6.07, 6.45) is 1.31. The van der Waals surface area contributed by atoms with Gasteiger partial charge >= 0.3 is 0 Å². The summed E-state index contributed by atoms with van der Waals surface area (Å²) in [5, 5.41) is 3.34. The van der Waals surface area contributed by atoms with Crippen LogP contribution in [0.4, 0.5) is 5.69 Å². The van der Waals surface area contributed by atoms with Gasteiger partial charge in [0, 0.05) is 5.02 Å². The third-order valence-electron chi connectivity index (χ3n) is 5.77. The molecule has 0 saturated heterocycles. The highest BCUT2D eigenvalue weighted by Gasteiger charge is 2.34. The van der Waals surface area contributed by atoms with Crippen LogP contribution < -0.4 is 19.1 Å². The van der Waals surface area contributed by atoms with Crippen LogP contribution >= 0.6 is 11.6 Å². The van der Waals surface area contributed by atoms with Gasteiger partial charge in [-0.3, -0.25) is 9.10 Å². The predicted molar refractivity (Wildman–Crippen MR) is 138 cm³/mol. The first kappa shape index (κ1) is 27.8. The van der Waals surface area contributed by atoms with E-state index in [0.29, 0.717) is 10.8 Å². The first-order chi connectivity index (χ1) is 15.8. The molecule has 7 nitrogen and oxygen atoms in total. The molecule has 0 aromatic heterocycles. The van der Waals surface area contributed by atoms with Gasteiger partial charge in [-0.15, -0.1) is 0 Å². The van der Waals surface area contributed by atoms with Gasteiger partial charge in [-0.2, -0.15) is 0 Å². The van der Waals surface area contributed by atoms with Gasteiger partial charge in [0.05, 0.1) is 32.2 Å². The highest BCUT2D eigenvalue weighted by molar-refractivity contribution is 7.92. The van der Waals surface area contributed by atoms with Crippen molar-refractivity contribution in [2.24, 2.45) is 0 Å². The van der Waals surface area contributed by atoms with Crippen molar-refractivity contribution < 1.29 is 22.7 Å². The largest absolute Gasteiger partial charge is 0.496 e. The van der Waals surface area contributed by atoms with Gasteiger partial charge < -0.3 is 14.8 Å². The normalized spacial score (nSPS) is 13.4. The number of nitrogens with one attached hydrogen (secondary N) is 1. The van der Waals surface area contributed by atoms with Crippen molar-refractivity contribution in [3.8, 4) is 11.5 Å². The van der Waals surface area contributed by atoms with Crippen molar-refractivity contribution in [1.82, 2.24) is 5.32 Å². The molecular formula is C25H35ClN2O5S. The van der Waals surface area contributed by atoms with Crippen LogP contribution in [0.2, 0.25) is 5.02 Å². The van der Waals surface area contributed by atoms with E-state index in [4.69, 9.17) is 21.1 Å². The summed E-state index contributed by atoms with van der Waals surface area (Å²) in [5.74, 6) is 0.930. The average molecular weight is 511 g/mol. The van der Waals surface area contributed by atoms with E-state index in [0.717, 1.165) is 33.0 Å². The van der Waals surface area contributed by atoms with Gasteiger partial charge in [-0.1, -0.05) is 32.4 Å². The van der Waals surface area contributed by atoms with Crippen molar-refractivity contribution >= 4 is 33.2 Å². The second-order valence-electron chi connectivity index (χ2n) is 8.63. The van der Waals surface area contributed by atoms with Gasteiger partial charge in [0.2, 0.25) is 15.9 Å². The molecule has 0 bridgehead atoms. The third kappa shape index (κ3) is 6.16. The fourth-order valence-electron chi connectivity index (χ4n) is 4.07. The van der Waals surface area contributed by atoms with Gasteiger partial charge in [-0.05, 0) is 73.2 Å². The number of carbonyl (C=O) groups is 1. The summed E-state index contributed by atoms with van der Waals surface area (Å²) in [5.41, 5.74) is 3.17. The summed E-state index contributed by atoms with van der Waals surface area (Å²) in [4.78, 5) is 13.4. The van der Waals surface area contributed by atoms with Crippen molar-refractivity contribution in [3.05, 3.63) is 52.0 Å². The highest BCUT2D eigenvalue weighted by Crippen LogP contribution is 2.36. The molecule has 0 saturated carbocycles. The second-order valence-corrected chi connectivity index (χ2v) is 10.9. The maximum absolute atomic E-state index is 13.4. The number of carbonyl (C=O) groups excluding carboxylic acids is 1. The van der Waals surface area contributed by atoms with Gasteiger partial charge in [0.1, 0.15) is 17.5 Å². The minimum absolute atomic E-state index is 0.217. The summed E-state index contributed by atoms with van der Waals surface area (Å²) < 4.78 is 37.7. The Labute approximate surface area is 208 Å². The summed E-state index contributed by atoms with van der Waals surface area (Å²) in [6, 6.07) is 7.33. The number of amides is 1. The molecule has 9 heteroatoms. The lowest BCUT2D eigenvalue weighted by Gasteiger charge is -2.32. The van der Waals surface area contributed by atoms with Gasteiger partial charge in [0.25, 0.3) is 0 Å². The maximum atomic E-state index is 13.4. The smallest absolute Gasteiger partial charge is 0.244 e. The van der Waals surface area contributed by atoms with Crippen molar-refractivity contribution in [3.63, 3.8) is 0 Å². The Balaban J connectivity index is 2.47. The summed E-state index contributed by atoms with van der Waals surface area (Å²) in [7, 11) is -0.762. The standard InChI is InChI=1S/C25H35ClN2O5S/c1-9-21(28(34(8,30)31)22-13-18(26)10-11-23(22)32-6)25(29)27-17(5)20-14-19(15(2)3)24(33-7)12-16(20)4/h10-15,17,21H,9H2,1-8H3,(H,27,29)/t17-,21-/m0/s1. The predicted octanol–water partition coefficient (Wildman–Crippen LogP) is 5.21. The molecule has 1 amide bonds. The SMILES string of the molecule is CC[C@@H](C(=O)N[C@@H](C)c1cc(C(C)C)c(OC)cc1C)N(c1cc(Cl)ccc1OC)S(C)(=O)=O. The molecule has 0 aliphatic carbocycles. The molecule has 2 atom stereocenters. The second kappa shape index (κ2) is 11.3. The number of hydrogen-bond donors (Lipinski definition) is 1.